The van der Waals surface area contributed by atoms with Crippen molar-refractivity contribution in [3.8, 4) is 0 Å². The van der Waals surface area contributed by atoms with Gasteiger partial charge in [-0.2, -0.15) is 4.31 Å². The summed E-state index contributed by atoms with van der Waals surface area (Å²) in [5.74, 6) is 0.0940. The minimum atomic E-state index is -3.69. The van der Waals surface area contributed by atoms with Crippen LogP contribution in [0.25, 0.3) is 0 Å². The zero-order chi connectivity index (χ0) is 22.9. The number of hydrogen-bond acceptors (Lipinski definition) is 4. The van der Waals surface area contributed by atoms with Gasteiger partial charge in [0, 0.05) is 19.6 Å². The van der Waals surface area contributed by atoms with Crippen molar-refractivity contribution in [1.29, 1.82) is 0 Å². The second-order valence-corrected chi connectivity index (χ2v) is 11.1. The second-order valence-electron chi connectivity index (χ2n) is 8.39. The molecule has 1 amide bonds. The van der Waals surface area contributed by atoms with Crippen LogP contribution in [0.1, 0.15) is 31.7 Å². The van der Waals surface area contributed by atoms with Crippen LogP contribution in [0.5, 0.6) is 0 Å². The predicted octanol–water partition coefficient (Wildman–Crippen LogP) is 3.93. The van der Waals surface area contributed by atoms with Gasteiger partial charge in [0.15, 0.2) is 0 Å². The molecule has 6 nitrogen and oxygen atoms in total. The van der Waals surface area contributed by atoms with Gasteiger partial charge in [-0.05, 0) is 49.4 Å². The number of piperidine rings is 1. The molecule has 0 saturated carbocycles. The lowest BCUT2D eigenvalue weighted by Gasteiger charge is -2.44. The van der Waals surface area contributed by atoms with E-state index in [1.807, 2.05) is 35.2 Å². The molecule has 172 valence electrons. The van der Waals surface area contributed by atoms with E-state index in [-0.39, 0.29) is 21.9 Å². The van der Waals surface area contributed by atoms with E-state index < -0.39 is 15.7 Å². The number of amides is 1. The number of carbonyl (C=O) groups is 1. The lowest BCUT2D eigenvalue weighted by Crippen LogP contribution is -2.59. The molecule has 2 aromatic carbocycles. The predicted molar refractivity (Wildman–Crippen MR) is 126 cm³/mol. The molecule has 1 atom stereocenters. The second kappa shape index (κ2) is 9.31. The number of nitrogens with zero attached hydrogens (tertiary/aromatic N) is 2. The maximum atomic E-state index is 13.2. The van der Waals surface area contributed by atoms with E-state index in [1.54, 1.807) is 0 Å². The number of nitrogens with one attached hydrogen (secondary N) is 1. The van der Waals surface area contributed by atoms with Crippen LogP contribution in [0.2, 0.25) is 10.0 Å². The first-order chi connectivity index (χ1) is 15.3. The van der Waals surface area contributed by atoms with Crippen LogP contribution in [0.4, 0.5) is 0 Å². The van der Waals surface area contributed by atoms with Gasteiger partial charge < -0.3 is 4.90 Å². The Morgan fingerprint density at radius 2 is 1.75 bits per heavy atom. The summed E-state index contributed by atoms with van der Waals surface area (Å²) in [6.07, 6.45) is 2.53. The van der Waals surface area contributed by atoms with Crippen LogP contribution in [0.3, 0.4) is 0 Å². The quantitative estimate of drug-likeness (QED) is 0.658. The Morgan fingerprint density at radius 1 is 1.06 bits per heavy atom. The summed E-state index contributed by atoms with van der Waals surface area (Å²) < 4.78 is 27.8. The van der Waals surface area contributed by atoms with Gasteiger partial charge in [0.25, 0.3) is 0 Å². The van der Waals surface area contributed by atoms with Gasteiger partial charge in [0.2, 0.25) is 15.9 Å². The zero-order valence-corrected chi connectivity index (χ0v) is 20.3. The van der Waals surface area contributed by atoms with Crippen LogP contribution >= 0.6 is 23.2 Å². The van der Waals surface area contributed by atoms with Crippen LogP contribution < -0.4 is 5.32 Å². The molecule has 2 aromatic rings. The van der Waals surface area contributed by atoms with E-state index in [0.717, 1.165) is 12.0 Å². The number of rotatable bonds is 6. The monoisotopic (exact) mass is 495 g/mol. The molecule has 0 radical (unpaired) electrons. The first-order valence-electron chi connectivity index (χ1n) is 10.9. The van der Waals surface area contributed by atoms with E-state index >= 15 is 0 Å². The van der Waals surface area contributed by atoms with Gasteiger partial charge in [-0.15, -0.1) is 0 Å². The normalized spacial score (nSPS) is 21.4. The molecule has 4 rings (SSSR count). The molecule has 1 spiro atoms. The first-order valence-corrected chi connectivity index (χ1v) is 13.0. The van der Waals surface area contributed by atoms with Crippen LogP contribution in [0.15, 0.2) is 53.4 Å². The van der Waals surface area contributed by atoms with Crippen molar-refractivity contribution in [2.24, 2.45) is 0 Å². The summed E-state index contributed by atoms with van der Waals surface area (Å²) in [5.41, 5.74) is 0.586. The third-order valence-corrected chi connectivity index (χ3v) is 8.97. The Kier molecular flexibility index (Phi) is 6.84. The molecule has 2 aliphatic heterocycles. The smallest absolute Gasteiger partial charge is 0.243 e. The molecule has 2 heterocycles. The summed E-state index contributed by atoms with van der Waals surface area (Å²) in [7, 11) is -3.69. The van der Waals surface area contributed by atoms with Crippen LogP contribution in [-0.2, 0) is 21.2 Å². The number of sulfonamides is 1. The molecule has 1 unspecified atom stereocenters. The van der Waals surface area contributed by atoms with Gasteiger partial charge in [-0.3, -0.25) is 10.1 Å². The molecule has 2 saturated heterocycles. The van der Waals surface area contributed by atoms with Crippen LogP contribution in [-0.4, -0.2) is 54.9 Å². The third kappa shape index (κ3) is 4.41. The molecule has 1 N–H and O–H groups in total. The Morgan fingerprint density at radius 3 is 2.38 bits per heavy atom. The summed E-state index contributed by atoms with van der Waals surface area (Å²) >= 11 is 12.0. The fraction of sp³-hybridized carbons (Fsp3) is 0.435. The number of carbonyl (C=O) groups excluding carboxylic acids is 1. The van der Waals surface area contributed by atoms with Gasteiger partial charge in [-0.1, -0.05) is 60.5 Å². The minimum Gasteiger partial charge on any atom is -0.323 e. The number of hydrogen-bond donors (Lipinski definition) is 1. The molecular weight excluding hydrogens is 469 g/mol. The fourth-order valence-electron chi connectivity index (χ4n) is 4.70. The summed E-state index contributed by atoms with van der Waals surface area (Å²) in [6, 6.07) is 14.0. The molecule has 0 bridgehead atoms. The van der Waals surface area contributed by atoms with Crippen LogP contribution in [0, 0.1) is 0 Å². The molecular formula is C23H27Cl2N3O3S. The van der Waals surface area contributed by atoms with Crippen molar-refractivity contribution < 1.29 is 13.2 Å². The van der Waals surface area contributed by atoms with Crippen molar-refractivity contribution in [2.45, 2.75) is 49.2 Å². The lowest BCUT2D eigenvalue weighted by atomic mass is 9.97. The van der Waals surface area contributed by atoms with Gasteiger partial charge in [0.1, 0.15) is 0 Å². The summed E-state index contributed by atoms with van der Waals surface area (Å²) in [4.78, 5) is 15.3. The topological polar surface area (TPSA) is 69.7 Å². The average molecular weight is 496 g/mol. The fourth-order valence-corrected chi connectivity index (χ4v) is 6.53. The van der Waals surface area contributed by atoms with Crippen molar-refractivity contribution in [2.75, 3.05) is 19.6 Å². The largest absolute Gasteiger partial charge is 0.323 e. The number of halogens is 2. The molecule has 2 aliphatic rings. The molecule has 9 heteroatoms. The molecule has 2 fully saturated rings. The van der Waals surface area contributed by atoms with Gasteiger partial charge in [-0.25, -0.2) is 8.42 Å². The Labute approximate surface area is 199 Å². The highest BCUT2D eigenvalue weighted by molar-refractivity contribution is 7.89. The van der Waals surface area contributed by atoms with Gasteiger partial charge >= 0.3 is 0 Å². The molecule has 32 heavy (non-hydrogen) atoms. The Balaban J connectivity index is 1.52. The average Bonchev–Trinajstić information content (AvgIpc) is 3.02. The van der Waals surface area contributed by atoms with E-state index in [2.05, 4.69) is 12.2 Å². The van der Waals surface area contributed by atoms with E-state index in [0.29, 0.717) is 43.9 Å². The SMILES string of the molecule is CCCN1C(=O)C(Cc2ccccc2)NC12CCN(S(=O)(=O)c1ccc(Cl)c(Cl)c1)CC2. The van der Waals surface area contributed by atoms with Crippen molar-refractivity contribution in [3.63, 3.8) is 0 Å². The Hall–Kier alpha value is -1.64. The van der Waals surface area contributed by atoms with E-state index in [9.17, 15) is 13.2 Å². The highest BCUT2D eigenvalue weighted by Gasteiger charge is 2.51. The van der Waals surface area contributed by atoms with Crippen molar-refractivity contribution >= 4 is 39.1 Å². The standard InChI is InChI=1S/C23H27Cl2N3O3S/c1-2-12-28-22(29)21(15-17-6-4-3-5-7-17)26-23(28)10-13-27(14-11-23)32(30,31)18-8-9-19(24)20(25)16-18/h3-9,16,21,26H,2,10-15H2,1H3. The first kappa shape index (κ1) is 23.5. The highest BCUT2D eigenvalue weighted by Crippen LogP contribution is 2.36. The third-order valence-electron chi connectivity index (χ3n) is 6.33. The minimum absolute atomic E-state index is 0.0940. The summed E-state index contributed by atoms with van der Waals surface area (Å²) in [6.45, 7) is 3.34. The number of benzene rings is 2. The van der Waals surface area contributed by atoms with E-state index in [1.165, 1.54) is 22.5 Å². The molecule has 0 aliphatic carbocycles. The maximum absolute atomic E-state index is 13.2. The maximum Gasteiger partial charge on any atom is 0.243 e. The van der Waals surface area contributed by atoms with Gasteiger partial charge in [0.05, 0.1) is 26.6 Å². The highest BCUT2D eigenvalue weighted by atomic mass is 35.5. The lowest BCUT2D eigenvalue weighted by molar-refractivity contribution is -0.133. The molecule has 0 aromatic heterocycles. The zero-order valence-electron chi connectivity index (χ0n) is 17.9. The Bertz CT molecular complexity index is 1090. The van der Waals surface area contributed by atoms with E-state index in [4.69, 9.17) is 23.2 Å². The van der Waals surface area contributed by atoms with Crippen molar-refractivity contribution in [1.82, 2.24) is 14.5 Å². The summed E-state index contributed by atoms with van der Waals surface area (Å²) in [5, 5.41) is 4.11. The van der Waals surface area contributed by atoms with Crippen molar-refractivity contribution in [3.05, 3.63) is 64.1 Å².